The summed E-state index contributed by atoms with van der Waals surface area (Å²) in [6.07, 6.45) is 4.40. The van der Waals surface area contributed by atoms with Crippen molar-refractivity contribution in [1.29, 1.82) is 0 Å². The van der Waals surface area contributed by atoms with E-state index in [2.05, 4.69) is 15.6 Å². The van der Waals surface area contributed by atoms with Gasteiger partial charge in [0.25, 0.3) is 5.91 Å². The molecule has 1 unspecified atom stereocenters. The quantitative estimate of drug-likeness (QED) is 0.811. The average molecular weight is 343 g/mol. The van der Waals surface area contributed by atoms with Crippen molar-refractivity contribution < 1.29 is 13.9 Å². The summed E-state index contributed by atoms with van der Waals surface area (Å²) in [4.78, 5) is 16.4. The van der Waals surface area contributed by atoms with E-state index in [4.69, 9.17) is 4.74 Å². The lowest BCUT2D eigenvalue weighted by molar-refractivity contribution is 0.0953. The molecule has 0 aliphatic carbocycles. The first-order valence-electron chi connectivity index (χ1n) is 8.55. The molecule has 1 atom stereocenters. The number of hydrogen-bond acceptors (Lipinski definition) is 4. The highest BCUT2D eigenvalue weighted by Crippen LogP contribution is 2.13. The number of hydrogen-bond donors (Lipinski definition) is 2. The Balaban J connectivity index is 1.44. The SMILES string of the molecule is O=C(NCCc1ccccc1F)c1ccc(NCC2CCCO2)nc1. The molecule has 132 valence electrons. The highest BCUT2D eigenvalue weighted by molar-refractivity contribution is 5.94. The molecule has 1 aromatic heterocycles. The summed E-state index contributed by atoms with van der Waals surface area (Å²) in [7, 11) is 0. The highest BCUT2D eigenvalue weighted by atomic mass is 19.1. The van der Waals surface area contributed by atoms with Crippen LogP contribution in [0.2, 0.25) is 0 Å². The number of nitrogens with one attached hydrogen (secondary N) is 2. The maximum absolute atomic E-state index is 13.5. The Morgan fingerprint density at radius 2 is 2.16 bits per heavy atom. The molecular weight excluding hydrogens is 321 g/mol. The van der Waals surface area contributed by atoms with E-state index in [1.54, 1.807) is 30.3 Å². The number of pyridine rings is 1. The van der Waals surface area contributed by atoms with Gasteiger partial charge in [-0.3, -0.25) is 4.79 Å². The second kappa shape index (κ2) is 8.58. The largest absolute Gasteiger partial charge is 0.376 e. The molecule has 1 fully saturated rings. The number of anilines is 1. The lowest BCUT2D eigenvalue weighted by Crippen LogP contribution is -2.26. The van der Waals surface area contributed by atoms with Crippen molar-refractivity contribution in [3.05, 3.63) is 59.5 Å². The first-order chi connectivity index (χ1) is 12.2. The summed E-state index contributed by atoms with van der Waals surface area (Å²) in [5, 5.41) is 6.00. The standard InChI is InChI=1S/C19H22FN3O2/c20-17-6-2-1-4-14(17)9-10-21-19(24)15-7-8-18(22-12-15)23-13-16-5-3-11-25-16/h1-2,4,6-8,12,16H,3,5,9-11,13H2,(H,21,24)(H,22,23). The molecule has 1 aliphatic heterocycles. The van der Waals surface area contributed by atoms with Crippen molar-refractivity contribution in [3.63, 3.8) is 0 Å². The van der Waals surface area contributed by atoms with Gasteiger partial charge >= 0.3 is 0 Å². The van der Waals surface area contributed by atoms with Crippen molar-refractivity contribution in [3.8, 4) is 0 Å². The topological polar surface area (TPSA) is 63.2 Å². The number of aromatic nitrogens is 1. The molecule has 5 nitrogen and oxygen atoms in total. The third-order valence-electron chi connectivity index (χ3n) is 4.20. The zero-order chi connectivity index (χ0) is 17.5. The third-order valence-corrected chi connectivity index (χ3v) is 4.20. The maximum atomic E-state index is 13.5. The molecular formula is C19H22FN3O2. The monoisotopic (exact) mass is 343 g/mol. The number of rotatable bonds is 7. The molecule has 3 rings (SSSR count). The predicted molar refractivity (Wildman–Crippen MR) is 94.1 cm³/mol. The zero-order valence-corrected chi connectivity index (χ0v) is 14.0. The molecule has 0 radical (unpaired) electrons. The van der Waals surface area contributed by atoms with Crippen LogP contribution in [-0.2, 0) is 11.2 Å². The Morgan fingerprint density at radius 1 is 1.28 bits per heavy atom. The molecule has 2 heterocycles. The third kappa shape index (κ3) is 5.00. The Labute approximate surface area is 146 Å². The van der Waals surface area contributed by atoms with Crippen LogP contribution in [0.3, 0.4) is 0 Å². The number of benzene rings is 1. The van der Waals surface area contributed by atoms with Crippen LogP contribution in [0.1, 0.15) is 28.8 Å². The minimum atomic E-state index is -0.250. The Kier molecular flexibility index (Phi) is 5.95. The molecule has 2 aromatic rings. The van der Waals surface area contributed by atoms with Crippen LogP contribution < -0.4 is 10.6 Å². The van der Waals surface area contributed by atoms with Crippen LogP contribution in [0.5, 0.6) is 0 Å². The zero-order valence-electron chi connectivity index (χ0n) is 14.0. The molecule has 0 spiro atoms. The summed E-state index contributed by atoms with van der Waals surface area (Å²) < 4.78 is 19.1. The Hall–Kier alpha value is -2.47. The van der Waals surface area contributed by atoms with Gasteiger partial charge in [-0.15, -0.1) is 0 Å². The summed E-state index contributed by atoms with van der Waals surface area (Å²) in [6.45, 7) is 1.92. The van der Waals surface area contributed by atoms with E-state index in [1.807, 2.05) is 0 Å². The highest BCUT2D eigenvalue weighted by Gasteiger charge is 2.15. The number of halogens is 1. The van der Waals surface area contributed by atoms with Gasteiger partial charge in [-0.1, -0.05) is 18.2 Å². The van der Waals surface area contributed by atoms with Gasteiger partial charge in [0.05, 0.1) is 11.7 Å². The minimum Gasteiger partial charge on any atom is -0.376 e. The van der Waals surface area contributed by atoms with Crippen molar-refractivity contribution in [2.75, 3.05) is 25.0 Å². The maximum Gasteiger partial charge on any atom is 0.252 e. The number of nitrogens with zero attached hydrogens (tertiary/aromatic N) is 1. The molecule has 1 amide bonds. The molecule has 25 heavy (non-hydrogen) atoms. The fraction of sp³-hybridized carbons (Fsp3) is 0.368. The van der Waals surface area contributed by atoms with E-state index in [1.165, 1.54) is 12.3 Å². The predicted octanol–water partition coefficient (Wildman–Crippen LogP) is 2.78. The Bertz CT molecular complexity index is 700. The van der Waals surface area contributed by atoms with Crippen LogP contribution in [0, 0.1) is 5.82 Å². The van der Waals surface area contributed by atoms with Crippen molar-refractivity contribution in [2.45, 2.75) is 25.4 Å². The molecule has 0 bridgehead atoms. The van der Waals surface area contributed by atoms with Crippen LogP contribution >= 0.6 is 0 Å². The van der Waals surface area contributed by atoms with Gasteiger partial charge in [-0.25, -0.2) is 9.37 Å². The van der Waals surface area contributed by atoms with E-state index < -0.39 is 0 Å². The van der Waals surface area contributed by atoms with Gasteiger partial charge < -0.3 is 15.4 Å². The van der Waals surface area contributed by atoms with Crippen LogP contribution in [0.15, 0.2) is 42.6 Å². The van der Waals surface area contributed by atoms with Crippen LogP contribution in [0.4, 0.5) is 10.2 Å². The van der Waals surface area contributed by atoms with E-state index in [9.17, 15) is 9.18 Å². The summed E-state index contributed by atoms with van der Waals surface area (Å²) >= 11 is 0. The fourth-order valence-electron chi connectivity index (χ4n) is 2.77. The first kappa shape index (κ1) is 17.4. The molecule has 1 saturated heterocycles. The van der Waals surface area contributed by atoms with Gasteiger partial charge in [-0.05, 0) is 43.0 Å². The second-order valence-electron chi connectivity index (χ2n) is 6.05. The van der Waals surface area contributed by atoms with E-state index >= 15 is 0 Å². The van der Waals surface area contributed by atoms with Gasteiger partial charge in [0.15, 0.2) is 0 Å². The van der Waals surface area contributed by atoms with Gasteiger partial charge in [0.1, 0.15) is 11.6 Å². The molecule has 0 saturated carbocycles. The number of carbonyl (C=O) groups excluding carboxylic acids is 1. The summed E-state index contributed by atoms with van der Waals surface area (Å²) in [5.41, 5.74) is 1.07. The lowest BCUT2D eigenvalue weighted by atomic mass is 10.1. The molecule has 1 aliphatic rings. The summed E-state index contributed by atoms with van der Waals surface area (Å²) in [5.74, 6) is 0.257. The first-order valence-corrected chi connectivity index (χ1v) is 8.55. The van der Waals surface area contributed by atoms with Crippen LogP contribution in [-0.4, -0.2) is 36.7 Å². The smallest absolute Gasteiger partial charge is 0.252 e. The van der Waals surface area contributed by atoms with Crippen molar-refractivity contribution in [2.24, 2.45) is 0 Å². The second-order valence-corrected chi connectivity index (χ2v) is 6.05. The molecule has 1 aromatic carbocycles. The van der Waals surface area contributed by atoms with Crippen LogP contribution in [0.25, 0.3) is 0 Å². The molecule has 2 N–H and O–H groups in total. The van der Waals surface area contributed by atoms with E-state index in [0.29, 0.717) is 24.1 Å². The fourth-order valence-corrected chi connectivity index (χ4v) is 2.77. The van der Waals surface area contributed by atoms with Gasteiger partial charge in [0.2, 0.25) is 0 Å². The van der Waals surface area contributed by atoms with Gasteiger partial charge in [-0.2, -0.15) is 0 Å². The summed E-state index contributed by atoms with van der Waals surface area (Å²) in [6, 6.07) is 10.1. The molecule has 6 heteroatoms. The van der Waals surface area contributed by atoms with E-state index in [0.717, 1.165) is 31.8 Å². The van der Waals surface area contributed by atoms with Crippen molar-refractivity contribution >= 4 is 11.7 Å². The normalized spacial score (nSPS) is 16.6. The average Bonchev–Trinajstić information content (AvgIpc) is 3.15. The van der Waals surface area contributed by atoms with E-state index in [-0.39, 0.29) is 17.8 Å². The van der Waals surface area contributed by atoms with Crippen molar-refractivity contribution in [1.82, 2.24) is 10.3 Å². The minimum absolute atomic E-state index is 0.213. The Morgan fingerprint density at radius 3 is 2.88 bits per heavy atom. The number of ether oxygens (including phenoxy) is 1. The number of amides is 1. The lowest BCUT2D eigenvalue weighted by Gasteiger charge is -2.11. The number of carbonyl (C=O) groups is 1. The van der Waals surface area contributed by atoms with Gasteiger partial charge in [0, 0.05) is 25.9 Å².